The van der Waals surface area contributed by atoms with Crippen LogP contribution in [0.5, 0.6) is 0 Å². The number of hydrogen-bond donors (Lipinski definition) is 0. The average molecular weight is 166 g/mol. The lowest BCUT2D eigenvalue weighted by Crippen LogP contribution is -2.16. The first-order valence-electron chi connectivity index (χ1n) is 5.51. The molecule has 0 aromatic carbocycles. The first kappa shape index (κ1) is 9.83. The monoisotopic (exact) mass is 166 g/mol. The van der Waals surface area contributed by atoms with Crippen LogP contribution in [0.25, 0.3) is 0 Å². The zero-order valence-corrected chi connectivity index (χ0v) is 8.82. The van der Waals surface area contributed by atoms with Gasteiger partial charge in [0.25, 0.3) is 0 Å². The summed E-state index contributed by atoms with van der Waals surface area (Å²) in [6.07, 6.45) is 11.0. The van der Waals surface area contributed by atoms with Crippen LogP contribution in [-0.4, -0.2) is 0 Å². The van der Waals surface area contributed by atoms with Gasteiger partial charge in [-0.2, -0.15) is 0 Å². The van der Waals surface area contributed by atoms with E-state index < -0.39 is 0 Å². The van der Waals surface area contributed by atoms with Crippen molar-refractivity contribution in [3.63, 3.8) is 0 Å². The molecule has 0 aliphatic heterocycles. The summed E-state index contributed by atoms with van der Waals surface area (Å²) in [7, 11) is 0. The summed E-state index contributed by atoms with van der Waals surface area (Å²) in [6.45, 7) is 6.45. The second-order valence-electron chi connectivity index (χ2n) is 4.04. The summed E-state index contributed by atoms with van der Waals surface area (Å²) in [5.74, 6) is 0. The molecule has 2 aliphatic carbocycles. The summed E-state index contributed by atoms with van der Waals surface area (Å²) < 4.78 is 0. The molecule has 0 spiro atoms. The fourth-order valence-corrected chi connectivity index (χ4v) is 2.53. The van der Waals surface area contributed by atoms with Crippen LogP contribution in [-0.2, 0) is 0 Å². The van der Waals surface area contributed by atoms with Crippen LogP contribution in [0, 0.1) is 5.41 Å². The Bertz CT molecular complexity index is 167. The van der Waals surface area contributed by atoms with Gasteiger partial charge in [0.05, 0.1) is 0 Å². The Morgan fingerprint density at radius 2 is 1.83 bits per heavy atom. The van der Waals surface area contributed by atoms with Crippen molar-refractivity contribution >= 4 is 0 Å². The highest BCUT2D eigenvalue weighted by Gasteiger charge is 2.34. The maximum Gasteiger partial charge on any atom is -0.0116 e. The quantitative estimate of drug-likeness (QED) is 0.470. The minimum Gasteiger partial charge on any atom is -0.0848 e. The molecule has 2 aliphatic rings. The smallest absolute Gasteiger partial charge is 0.0116 e. The molecule has 1 fully saturated rings. The van der Waals surface area contributed by atoms with Gasteiger partial charge in [0.1, 0.15) is 0 Å². The van der Waals surface area contributed by atoms with E-state index in [0.29, 0.717) is 5.41 Å². The van der Waals surface area contributed by atoms with Crippen molar-refractivity contribution < 1.29 is 0 Å². The van der Waals surface area contributed by atoms with Crippen LogP contribution >= 0.6 is 0 Å². The molecule has 2 rings (SSSR count). The molecule has 0 nitrogen and oxygen atoms in total. The fourth-order valence-electron chi connectivity index (χ4n) is 2.53. The standard InChI is InChI=1S/C10H16.C2H6/c1-10-7-3-2-5-9(10)6-4-8-10;1-2/h5H,2-4,6-8H2,1H3;1-2H3. The van der Waals surface area contributed by atoms with E-state index in [4.69, 9.17) is 0 Å². The Kier molecular flexibility index (Phi) is 3.37. The minimum atomic E-state index is 0.651. The first-order valence-corrected chi connectivity index (χ1v) is 5.51. The summed E-state index contributed by atoms with van der Waals surface area (Å²) in [6, 6.07) is 0. The largest absolute Gasteiger partial charge is 0.0848 e. The van der Waals surface area contributed by atoms with Gasteiger partial charge in [-0.05, 0) is 43.9 Å². The van der Waals surface area contributed by atoms with Crippen LogP contribution in [0.2, 0.25) is 0 Å². The maximum atomic E-state index is 2.50. The summed E-state index contributed by atoms with van der Waals surface area (Å²) in [4.78, 5) is 0. The number of allylic oxidation sites excluding steroid dienone is 2. The van der Waals surface area contributed by atoms with Gasteiger partial charge in [-0.25, -0.2) is 0 Å². The van der Waals surface area contributed by atoms with E-state index >= 15 is 0 Å². The van der Waals surface area contributed by atoms with Crippen molar-refractivity contribution in [2.75, 3.05) is 0 Å². The van der Waals surface area contributed by atoms with Gasteiger partial charge in [0.15, 0.2) is 0 Å². The zero-order chi connectivity index (χ0) is 9.03. The topological polar surface area (TPSA) is 0 Å². The molecule has 1 unspecified atom stereocenters. The Labute approximate surface area is 77.1 Å². The third-order valence-electron chi connectivity index (χ3n) is 3.27. The van der Waals surface area contributed by atoms with E-state index in [2.05, 4.69) is 13.0 Å². The lowest BCUT2D eigenvalue weighted by atomic mass is 9.76. The van der Waals surface area contributed by atoms with Crippen molar-refractivity contribution in [3.8, 4) is 0 Å². The van der Waals surface area contributed by atoms with E-state index in [0.717, 1.165) is 0 Å². The molecule has 0 aromatic heterocycles. The molecule has 0 heterocycles. The molecule has 1 atom stereocenters. The highest BCUT2D eigenvalue weighted by atomic mass is 14.4. The Morgan fingerprint density at radius 3 is 2.50 bits per heavy atom. The Morgan fingerprint density at radius 1 is 1.17 bits per heavy atom. The maximum absolute atomic E-state index is 2.50. The average Bonchev–Trinajstić information content (AvgIpc) is 2.49. The molecule has 0 radical (unpaired) electrons. The number of hydrogen-bond acceptors (Lipinski definition) is 0. The van der Waals surface area contributed by atoms with E-state index in [1.807, 2.05) is 13.8 Å². The summed E-state index contributed by atoms with van der Waals surface area (Å²) >= 11 is 0. The molecule has 1 saturated carbocycles. The van der Waals surface area contributed by atoms with Gasteiger partial charge in [-0.1, -0.05) is 32.4 Å². The van der Waals surface area contributed by atoms with Crippen LogP contribution in [0.15, 0.2) is 11.6 Å². The normalized spacial score (nSPS) is 33.1. The van der Waals surface area contributed by atoms with Crippen molar-refractivity contribution in [1.82, 2.24) is 0 Å². The highest BCUT2D eigenvalue weighted by Crippen LogP contribution is 2.48. The third-order valence-corrected chi connectivity index (χ3v) is 3.27. The van der Waals surface area contributed by atoms with Crippen LogP contribution in [0.3, 0.4) is 0 Å². The molecule has 0 aromatic rings. The second-order valence-corrected chi connectivity index (χ2v) is 4.04. The van der Waals surface area contributed by atoms with E-state index in [-0.39, 0.29) is 0 Å². The third kappa shape index (κ3) is 1.73. The van der Waals surface area contributed by atoms with Crippen molar-refractivity contribution in [1.29, 1.82) is 0 Å². The van der Waals surface area contributed by atoms with Crippen LogP contribution in [0.1, 0.15) is 59.3 Å². The fraction of sp³-hybridized carbons (Fsp3) is 0.833. The molecule has 0 saturated heterocycles. The molecule has 70 valence electrons. The molecular formula is C12H22. The predicted molar refractivity (Wildman–Crippen MR) is 55.2 cm³/mol. The van der Waals surface area contributed by atoms with Crippen molar-refractivity contribution in [2.24, 2.45) is 5.41 Å². The summed E-state index contributed by atoms with van der Waals surface area (Å²) in [5.41, 5.74) is 2.43. The SMILES string of the molecule is CC.CC12CCCC=C1CCC2. The van der Waals surface area contributed by atoms with E-state index in [1.165, 1.54) is 38.5 Å². The molecule has 0 bridgehead atoms. The minimum absolute atomic E-state index is 0.651. The van der Waals surface area contributed by atoms with Gasteiger partial charge < -0.3 is 0 Å². The second kappa shape index (κ2) is 4.11. The molecular weight excluding hydrogens is 144 g/mol. The Balaban J connectivity index is 0.000000336. The number of rotatable bonds is 0. The van der Waals surface area contributed by atoms with Gasteiger partial charge in [-0.3, -0.25) is 0 Å². The van der Waals surface area contributed by atoms with E-state index in [9.17, 15) is 0 Å². The highest BCUT2D eigenvalue weighted by molar-refractivity contribution is 5.19. The molecule has 0 amide bonds. The van der Waals surface area contributed by atoms with E-state index in [1.54, 1.807) is 5.57 Å². The summed E-state index contributed by atoms with van der Waals surface area (Å²) in [5, 5.41) is 0. The molecule has 12 heavy (non-hydrogen) atoms. The van der Waals surface area contributed by atoms with Gasteiger partial charge in [-0.15, -0.1) is 0 Å². The lowest BCUT2D eigenvalue weighted by Gasteiger charge is -2.29. The Hall–Kier alpha value is -0.260. The zero-order valence-electron chi connectivity index (χ0n) is 8.82. The molecule has 0 N–H and O–H groups in total. The first-order chi connectivity index (χ1) is 5.81. The van der Waals surface area contributed by atoms with Crippen LogP contribution in [0.4, 0.5) is 0 Å². The van der Waals surface area contributed by atoms with Gasteiger partial charge in [0, 0.05) is 0 Å². The molecule has 0 heteroatoms. The van der Waals surface area contributed by atoms with Gasteiger partial charge in [0.2, 0.25) is 0 Å². The lowest BCUT2D eigenvalue weighted by molar-refractivity contribution is 0.350. The van der Waals surface area contributed by atoms with Crippen LogP contribution < -0.4 is 0 Å². The number of fused-ring (bicyclic) bond motifs is 1. The van der Waals surface area contributed by atoms with Crippen molar-refractivity contribution in [3.05, 3.63) is 11.6 Å². The predicted octanol–water partition coefficient (Wildman–Crippen LogP) is 4.31. The van der Waals surface area contributed by atoms with Crippen molar-refractivity contribution in [2.45, 2.75) is 59.3 Å². The van der Waals surface area contributed by atoms with Gasteiger partial charge >= 0.3 is 0 Å².